The first-order valence-electron chi connectivity index (χ1n) is 7.24. The predicted molar refractivity (Wildman–Crippen MR) is 86.6 cm³/mol. The van der Waals surface area contributed by atoms with Gasteiger partial charge in [-0.2, -0.15) is 5.26 Å². The number of hydrogen-bond acceptors (Lipinski definition) is 4. The second-order valence-corrected chi connectivity index (χ2v) is 5.84. The third kappa shape index (κ3) is 7.52. The monoisotopic (exact) mass is 337 g/mol. The Morgan fingerprint density at radius 3 is 2.52 bits per heavy atom. The van der Waals surface area contributed by atoms with Gasteiger partial charge in [0, 0.05) is 5.02 Å². The van der Waals surface area contributed by atoms with E-state index in [-0.39, 0.29) is 19.1 Å². The number of rotatable bonds is 7. The van der Waals surface area contributed by atoms with Gasteiger partial charge in [-0.05, 0) is 30.0 Å². The Balaban J connectivity index is 2.53. The van der Waals surface area contributed by atoms with Crippen LogP contribution in [0.2, 0.25) is 5.02 Å². The van der Waals surface area contributed by atoms with E-state index in [1.165, 1.54) is 0 Å². The van der Waals surface area contributed by atoms with E-state index in [1.54, 1.807) is 24.3 Å². The Kier molecular flexibility index (Phi) is 7.92. The zero-order valence-corrected chi connectivity index (χ0v) is 13.9. The summed E-state index contributed by atoms with van der Waals surface area (Å²) in [7, 11) is 0. The number of nitrogens with zero attached hydrogens (tertiary/aromatic N) is 1. The summed E-state index contributed by atoms with van der Waals surface area (Å²) < 4.78 is 5.10. The van der Waals surface area contributed by atoms with Gasteiger partial charge in [0.25, 0.3) is 0 Å². The average molecular weight is 338 g/mol. The van der Waals surface area contributed by atoms with E-state index < -0.39 is 18.0 Å². The summed E-state index contributed by atoms with van der Waals surface area (Å²) in [5, 5.41) is 14.1. The van der Waals surface area contributed by atoms with Crippen molar-refractivity contribution in [3.63, 3.8) is 0 Å². The number of ether oxygens (including phenoxy) is 1. The summed E-state index contributed by atoms with van der Waals surface area (Å²) in [6.45, 7) is 3.85. The van der Waals surface area contributed by atoms with Crippen LogP contribution in [0.1, 0.15) is 25.8 Å². The van der Waals surface area contributed by atoms with Crippen molar-refractivity contribution in [1.82, 2.24) is 10.6 Å². The predicted octanol–water partition coefficient (Wildman–Crippen LogP) is 2.62. The lowest BCUT2D eigenvalue weighted by Gasteiger charge is -2.19. The molecule has 0 aliphatic heterocycles. The highest BCUT2D eigenvalue weighted by atomic mass is 35.5. The molecule has 2 amide bonds. The molecule has 0 aromatic heterocycles. The molecule has 6 nitrogen and oxygen atoms in total. The van der Waals surface area contributed by atoms with Crippen LogP contribution in [0, 0.1) is 17.2 Å². The minimum absolute atomic E-state index is 0.0806. The highest BCUT2D eigenvalue weighted by Crippen LogP contribution is 2.10. The van der Waals surface area contributed by atoms with Crippen molar-refractivity contribution in [1.29, 1.82) is 5.26 Å². The number of carbonyl (C=O) groups excluding carboxylic acids is 2. The topological polar surface area (TPSA) is 91.2 Å². The Bertz CT molecular complexity index is 567. The van der Waals surface area contributed by atoms with E-state index in [2.05, 4.69) is 10.6 Å². The van der Waals surface area contributed by atoms with E-state index >= 15 is 0 Å². The number of halogens is 1. The van der Waals surface area contributed by atoms with Crippen molar-refractivity contribution >= 4 is 23.6 Å². The molecule has 0 aliphatic carbocycles. The maximum absolute atomic E-state index is 11.9. The van der Waals surface area contributed by atoms with E-state index in [0.717, 1.165) is 5.56 Å². The summed E-state index contributed by atoms with van der Waals surface area (Å²) in [6, 6.07) is 8.00. The Labute approximate surface area is 140 Å². The molecule has 0 saturated carbocycles. The van der Waals surface area contributed by atoms with Crippen LogP contribution in [0.15, 0.2) is 24.3 Å². The van der Waals surface area contributed by atoms with Gasteiger partial charge in [0.2, 0.25) is 5.91 Å². The van der Waals surface area contributed by atoms with Crippen molar-refractivity contribution in [2.24, 2.45) is 5.92 Å². The molecule has 0 unspecified atom stereocenters. The molecule has 0 aliphatic rings. The Hall–Kier alpha value is -2.26. The average Bonchev–Trinajstić information content (AvgIpc) is 2.51. The van der Waals surface area contributed by atoms with Gasteiger partial charge in [0.15, 0.2) is 0 Å². The van der Waals surface area contributed by atoms with Gasteiger partial charge in [0.1, 0.15) is 19.2 Å². The molecular formula is C16H20ClN3O3. The van der Waals surface area contributed by atoms with E-state index in [0.29, 0.717) is 11.4 Å². The lowest BCUT2D eigenvalue weighted by Crippen LogP contribution is -2.47. The quantitative estimate of drug-likeness (QED) is 0.748. The minimum Gasteiger partial charge on any atom is -0.445 e. The third-order valence-electron chi connectivity index (χ3n) is 2.94. The standard InChI is InChI=1S/C16H20ClN3O3/c1-11(2)9-14(15(21)19-8-7-18)20-16(22)23-10-12-3-5-13(17)6-4-12/h3-6,11,14H,8-10H2,1-2H3,(H,19,21)(H,20,22)/t14-/m0/s1. The second kappa shape index (κ2) is 9.70. The van der Waals surface area contributed by atoms with Crippen molar-refractivity contribution in [3.05, 3.63) is 34.9 Å². The molecule has 0 spiro atoms. The molecule has 1 atom stereocenters. The molecule has 0 saturated heterocycles. The van der Waals surface area contributed by atoms with Crippen LogP contribution in [-0.2, 0) is 16.1 Å². The molecular weight excluding hydrogens is 318 g/mol. The summed E-state index contributed by atoms with van der Waals surface area (Å²) in [4.78, 5) is 23.8. The van der Waals surface area contributed by atoms with Crippen LogP contribution >= 0.6 is 11.6 Å². The van der Waals surface area contributed by atoms with Gasteiger partial charge in [-0.15, -0.1) is 0 Å². The van der Waals surface area contributed by atoms with Crippen molar-refractivity contribution in [2.75, 3.05) is 6.54 Å². The van der Waals surface area contributed by atoms with Gasteiger partial charge in [-0.3, -0.25) is 4.79 Å². The molecule has 1 rings (SSSR count). The van der Waals surface area contributed by atoms with Crippen molar-refractivity contribution in [3.8, 4) is 6.07 Å². The zero-order valence-electron chi connectivity index (χ0n) is 13.1. The molecule has 124 valence electrons. The van der Waals surface area contributed by atoms with Crippen molar-refractivity contribution < 1.29 is 14.3 Å². The van der Waals surface area contributed by atoms with Crippen LogP contribution in [-0.4, -0.2) is 24.6 Å². The fourth-order valence-corrected chi connectivity index (χ4v) is 1.99. The molecule has 0 radical (unpaired) electrons. The molecule has 2 N–H and O–H groups in total. The normalized spacial score (nSPS) is 11.4. The van der Waals surface area contributed by atoms with E-state index in [9.17, 15) is 9.59 Å². The van der Waals surface area contributed by atoms with Crippen LogP contribution in [0.3, 0.4) is 0 Å². The summed E-state index contributed by atoms with van der Waals surface area (Å²) in [6.07, 6.45) is -0.231. The fourth-order valence-electron chi connectivity index (χ4n) is 1.87. The molecule has 23 heavy (non-hydrogen) atoms. The Morgan fingerprint density at radius 2 is 1.96 bits per heavy atom. The lowest BCUT2D eigenvalue weighted by atomic mass is 10.0. The number of carbonyl (C=O) groups is 2. The van der Waals surface area contributed by atoms with Gasteiger partial charge < -0.3 is 15.4 Å². The summed E-state index contributed by atoms with van der Waals surface area (Å²) in [5.74, 6) is -0.201. The van der Waals surface area contributed by atoms with Crippen LogP contribution < -0.4 is 10.6 Å². The third-order valence-corrected chi connectivity index (χ3v) is 3.19. The van der Waals surface area contributed by atoms with Crippen LogP contribution in [0.5, 0.6) is 0 Å². The molecule has 0 bridgehead atoms. The number of nitrogens with one attached hydrogen (secondary N) is 2. The highest BCUT2D eigenvalue weighted by Gasteiger charge is 2.22. The van der Waals surface area contributed by atoms with Gasteiger partial charge in [0.05, 0.1) is 6.07 Å². The molecule has 0 fully saturated rings. The van der Waals surface area contributed by atoms with Gasteiger partial charge >= 0.3 is 6.09 Å². The van der Waals surface area contributed by atoms with E-state index in [1.807, 2.05) is 19.9 Å². The Morgan fingerprint density at radius 1 is 1.30 bits per heavy atom. The number of nitriles is 1. The first-order chi connectivity index (χ1) is 10.9. The molecule has 1 aromatic rings. The smallest absolute Gasteiger partial charge is 0.408 e. The number of amides is 2. The van der Waals surface area contributed by atoms with E-state index in [4.69, 9.17) is 21.6 Å². The first kappa shape index (κ1) is 18.8. The summed E-state index contributed by atoms with van der Waals surface area (Å²) >= 11 is 5.78. The SMILES string of the molecule is CC(C)C[C@H](NC(=O)OCc1ccc(Cl)cc1)C(=O)NCC#N. The van der Waals surface area contributed by atoms with Gasteiger partial charge in [-0.25, -0.2) is 4.79 Å². The molecule has 7 heteroatoms. The number of benzene rings is 1. The number of alkyl carbamates (subject to hydrolysis) is 1. The fraction of sp³-hybridized carbons (Fsp3) is 0.438. The maximum Gasteiger partial charge on any atom is 0.408 e. The highest BCUT2D eigenvalue weighted by molar-refractivity contribution is 6.30. The van der Waals surface area contributed by atoms with Gasteiger partial charge in [-0.1, -0.05) is 37.6 Å². The minimum atomic E-state index is -0.735. The molecule has 0 heterocycles. The number of hydrogen-bond donors (Lipinski definition) is 2. The maximum atomic E-state index is 11.9. The largest absolute Gasteiger partial charge is 0.445 e. The summed E-state index contributed by atoms with van der Waals surface area (Å²) in [5.41, 5.74) is 0.791. The van der Waals surface area contributed by atoms with Crippen LogP contribution in [0.25, 0.3) is 0 Å². The first-order valence-corrected chi connectivity index (χ1v) is 7.62. The van der Waals surface area contributed by atoms with Crippen molar-refractivity contribution in [2.45, 2.75) is 32.9 Å². The second-order valence-electron chi connectivity index (χ2n) is 5.40. The molecule has 1 aromatic carbocycles. The zero-order chi connectivity index (χ0) is 17.2. The van der Waals surface area contributed by atoms with Crippen LogP contribution in [0.4, 0.5) is 4.79 Å². The lowest BCUT2D eigenvalue weighted by molar-refractivity contribution is -0.123.